The Bertz CT molecular complexity index is 479. The van der Waals surface area contributed by atoms with Crippen molar-refractivity contribution in [2.75, 3.05) is 19.7 Å². The van der Waals surface area contributed by atoms with E-state index < -0.39 is 4.92 Å². The maximum absolute atomic E-state index is 12.2. The van der Waals surface area contributed by atoms with E-state index in [1.807, 2.05) is 0 Å². The number of benzene rings is 1. The largest absolute Gasteiger partial charge is 0.396 e. The number of hydrogen-bond donors (Lipinski definition) is 1. The van der Waals surface area contributed by atoms with E-state index >= 15 is 0 Å². The lowest BCUT2D eigenvalue weighted by atomic mass is 10.1. The summed E-state index contributed by atoms with van der Waals surface area (Å²) in [5, 5.41) is 19.7. The lowest BCUT2D eigenvalue weighted by Gasteiger charge is -2.20. The van der Waals surface area contributed by atoms with E-state index in [0.717, 1.165) is 0 Å². The third kappa shape index (κ3) is 4.18. The zero-order valence-electron chi connectivity index (χ0n) is 10.5. The van der Waals surface area contributed by atoms with E-state index in [4.69, 9.17) is 16.7 Å². The maximum atomic E-state index is 12.2. The van der Waals surface area contributed by atoms with E-state index in [-0.39, 0.29) is 28.8 Å². The Labute approximate surface area is 115 Å². The molecule has 0 heterocycles. The fraction of sp³-hybridized carbons (Fsp3) is 0.417. The molecule has 0 unspecified atom stereocenters. The summed E-state index contributed by atoms with van der Waals surface area (Å²) in [6.07, 6.45) is 0.461. The highest BCUT2D eigenvalue weighted by Gasteiger charge is 2.18. The molecule has 0 fully saturated rings. The van der Waals surface area contributed by atoms with Crippen molar-refractivity contribution in [3.8, 4) is 0 Å². The van der Waals surface area contributed by atoms with Crippen molar-refractivity contribution in [3.05, 3.63) is 38.9 Å². The van der Waals surface area contributed by atoms with Crippen LogP contribution >= 0.6 is 11.6 Å². The van der Waals surface area contributed by atoms with Crippen molar-refractivity contribution in [3.63, 3.8) is 0 Å². The standard InChI is InChI=1S/C12H15ClN2O4/c1-2-14(4-3-5-16)12(17)9-6-10(13)8-11(7-9)15(18)19/h6-8,16H,2-5H2,1H3. The van der Waals surface area contributed by atoms with Crippen LogP contribution in [0.3, 0.4) is 0 Å². The highest BCUT2D eigenvalue weighted by atomic mass is 35.5. The van der Waals surface area contributed by atoms with Crippen LogP contribution in [0.4, 0.5) is 5.69 Å². The Morgan fingerprint density at radius 1 is 1.47 bits per heavy atom. The van der Waals surface area contributed by atoms with Crippen molar-refractivity contribution in [2.45, 2.75) is 13.3 Å². The molecule has 19 heavy (non-hydrogen) atoms. The smallest absolute Gasteiger partial charge is 0.271 e. The van der Waals surface area contributed by atoms with Crippen molar-refractivity contribution >= 4 is 23.2 Å². The molecule has 0 radical (unpaired) electrons. The number of halogens is 1. The molecule has 0 atom stereocenters. The number of carbonyl (C=O) groups excluding carboxylic acids is 1. The second-order valence-electron chi connectivity index (χ2n) is 3.92. The Morgan fingerprint density at radius 3 is 2.68 bits per heavy atom. The highest BCUT2D eigenvalue weighted by molar-refractivity contribution is 6.31. The van der Waals surface area contributed by atoms with E-state index in [2.05, 4.69) is 0 Å². The molecule has 1 N–H and O–H groups in total. The molecule has 0 aliphatic rings. The first kappa shape index (κ1) is 15.4. The van der Waals surface area contributed by atoms with Crippen LogP contribution in [-0.4, -0.2) is 40.5 Å². The van der Waals surface area contributed by atoms with Crippen LogP contribution < -0.4 is 0 Å². The average molecular weight is 287 g/mol. The highest BCUT2D eigenvalue weighted by Crippen LogP contribution is 2.22. The van der Waals surface area contributed by atoms with Gasteiger partial charge in [-0.15, -0.1) is 0 Å². The van der Waals surface area contributed by atoms with Gasteiger partial charge in [0.15, 0.2) is 0 Å². The summed E-state index contributed by atoms with van der Waals surface area (Å²) in [5.74, 6) is -0.332. The molecule has 104 valence electrons. The molecule has 0 aliphatic heterocycles. The Balaban J connectivity index is 3.00. The topological polar surface area (TPSA) is 83.7 Å². The van der Waals surface area contributed by atoms with Crippen LogP contribution in [0, 0.1) is 10.1 Å². The van der Waals surface area contributed by atoms with Gasteiger partial charge in [0.05, 0.1) is 4.92 Å². The monoisotopic (exact) mass is 286 g/mol. The lowest BCUT2D eigenvalue weighted by molar-refractivity contribution is -0.384. The first-order valence-corrected chi connectivity index (χ1v) is 6.22. The van der Waals surface area contributed by atoms with Gasteiger partial charge in [-0.1, -0.05) is 11.6 Å². The molecular weight excluding hydrogens is 272 g/mol. The number of carbonyl (C=O) groups is 1. The van der Waals surface area contributed by atoms with Crippen LogP contribution in [-0.2, 0) is 0 Å². The quantitative estimate of drug-likeness (QED) is 0.641. The Kier molecular flexibility index (Phi) is 5.72. The number of nitro groups is 1. The second kappa shape index (κ2) is 7.06. The summed E-state index contributed by atoms with van der Waals surface area (Å²) in [6.45, 7) is 2.64. The summed E-state index contributed by atoms with van der Waals surface area (Å²) in [6, 6.07) is 3.80. The minimum atomic E-state index is -0.591. The van der Waals surface area contributed by atoms with Gasteiger partial charge in [0, 0.05) is 42.4 Å². The fourth-order valence-electron chi connectivity index (χ4n) is 1.65. The zero-order chi connectivity index (χ0) is 14.4. The number of aliphatic hydroxyl groups is 1. The number of aliphatic hydroxyl groups excluding tert-OH is 1. The van der Waals surface area contributed by atoms with Crippen molar-refractivity contribution < 1.29 is 14.8 Å². The maximum Gasteiger partial charge on any atom is 0.271 e. The SMILES string of the molecule is CCN(CCCO)C(=O)c1cc(Cl)cc([N+](=O)[O-])c1. The van der Waals surface area contributed by atoms with Gasteiger partial charge in [-0.05, 0) is 19.4 Å². The van der Waals surface area contributed by atoms with Crippen LogP contribution in [0.2, 0.25) is 5.02 Å². The third-order valence-corrected chi connectivity index (χ3v) is 2.81. The number of hydrogen-bond acceptors (Lipinski definition) is 4. The lowest BCUT2D eigenvalue weighted by Crippen LogP contribution is -2.32. The van der Waals surface area contributed by atoms with Crippen molar-refractivity contribution in [1.82, 2.24) is 4.90 Å². The molecule has 1 rings (SSSR count). The molecule has 7 heteroatoms. The molecule has 6 nitrogen and oxygen atoms in total. The number of nitro benzene ring substituents is 1. The normalized spacial score (nSPS) is 10.3. The van der Waals surface area contributed by atoms with Gasteiger partial charge in [0.2, 0.25) is 0 Å². The van der Waals surface area contributed by atoms with Crippen molar-refractivity contribution in [2.24, 2.45) is 0 Å². The summed E-state index contributed by atoms with van der Waals surface area (Å²) in [4.78, 5) is 23.8. The van der Waals surface area contributed by atoms with Crippen LogP contribution in [0.15, 0.2) is 18.2 Å². The predicted molar refractivity (Wildman–Crippen MR) is 71.4 cm³/mol. The average Bonchev–Trinajstić information content (AvgIpc) is 2.38. The number of nitrogens with zero attached hydrogens (tertiary/aromatic N) is 2. The number of amides is 1. The van der Waals surface area contributed by atoms with E-state index in [9.17, 15) is 14.9 Å². The summed E-state index contributed by atoms with van der Waals surface area (Å²) in [5.41, 5.74) is -0.0342. The first-order valence-electron chi connectivity index (χ1n) is 5.84. The summed E-state index contributed by atoms with van der Waals surface area (Å²) >= 11 is 5.78. The van der Waals surface area contributed by atoms with Gasteiger partial charge in [-0.2, -0.15) is 0 Å². The fourth-order valence-corrected chi connectivity index (χ4v) is 1.88. The Morgan fingerprint density at radius 2 is 2.16 bits per heavy atom. The third-order valence-electron chi connectivity index (χ3n) is 2.60. The van der Waals surface area contributed by atoms with Gasteiger partial charge >= 0.3 is 0 Å². The zero-order valence-corrected chi connectivity index (χ0v) is 11.3. The minimum Gasteiger partial charge on any atom is -0.396 e. The van der Waals surface area contributed by atoms with Crippen LogP contribution in [0.1, 0.15) is 23.7 Å². The summed E-state index contributed by atoms with van der Waals surface area (Å²) in [7, 11) is 0. The second-order valence-corrected chi connectivity index (χ2v) is 4.35. The molecule has 1 amide bonds. The summed E-state index contributed by atoms with van der Waals surface area (Å²) < 4.78 is 0. The van der Waals surface area contributed by atoms with Gasteiger partial charge in [0.1, 0.15) is 0 Å². The van der Waals surface area contributed by atoms with Crippen molar-refractivity contribution in [1.29, 1.82) is 0 Å². The van der Waals surface area contributed by atoms with Crippen LogP contribution in [0.5, 0.6) is 0 Å². The molecule has 0 saturated heterocycles. The Hall–Kier alpha value is -1.66. The number of rotatable bonds is 6. The van der Waals surface area contributed by atoms with E-state index in [1.165, 1.54) is 23.1 Å². The van der Waals surface area contributed by atoms with Crippen LogP contribution in [0.25, 0.3) is 0 Å². The first-order chi connectivity index (χ1) is 8.99. The molecular formula is C12H15ClN2O4. The predicted octanol–water partition coefficient (Wildman–Crippen LogP) is 2.09. The minimum absolute atomic E-state index is 0.0144. The van der Waals surface area contributed by atoms with E-state index in [1.54, 1.807) is 6.92 Å². The molecule has 0 saturated carbocycles. The molecule has 1 aromatic rings. The van der Waals surface area contributed by atoms with Gasteiger partial charge in [-0.3, -0.25) is 14.9 Å². The molecule has 0 spiro atoms. The van der Waals surface area contributed by atoms with Gasteiger partial charge in [0.25, 0.3) is 11.6 Å². The molecule has 0 bridgehead atoms. The van der Waals surface area contributed by atoms with Gasteiger partial charge < -0.3 is 10.0 Å². The van der Waals surface area contributed by atoms with Gasteiger partial charge in [-0.25, -0.2) is 0 Å². The van der Waals surface area contributed by atoms with E-state index in [0.29, 0.717) is 19.5 Å². The molecule has 0 aliphatic carbocycles. The molecule has 1 aromatic carbocycles. The molecule has 0 aromatic heterocycles. The number of non-ortho nitro benzene ring substituents is 1.